The van der Waals surface area contributed by atoms with Gasteiger partial charge in [0.15, 0.2) is 0 Å². The summed E-state index contributed by atoms with van der Waals surface area (Å²) in [6, 6.07) is 10.2. The normalized spacial score (nSPS) is 17.4. The Balaban J connectivity index is 1.54. The highest BCUT2D eigenvalue weighted by molar-refractivity contribution is 5.86. The van der Waals surface area contributed by atoms with Crippen molar-refractivity contribution in [2.45, 2.75) is 31.8 Å². The van der Waals surface area contributed by atoms with Gasteiger partial charge in [0, 0.05) is 13.2 Å². The third-order valence-electron chi connectivity index (χ3n) is 3.45. The van der Waals surface area contributed by atoms with E-state index in [4.69, 9.17) is 4.74 Å². The van der Waals surface area contributed by atoms with Gasteiger partial charge in [-0.05, 0) is 31.2 Å². The minimum Gasteiger partial charge on any atom is -0.368 e. The van der Waals surface area contributed by atoms with Crippen LogP contribution >= 0.6 is 0 Å². The maximum absolute atomic E-state index is 11.6. The maximum atomic E-state index is 11.6. The van der Waals surface area contributed by atoms with Crippen LogP contribution < -0.4 is 10.6 Å². The van der Waals surface area contributed by atoms with Gasteiger partial charge in [0.1, 0.15) is 6.10 Å². The van der Waals surface area contributed by atoms with Crippen LogP contribution in [-0.2, 0) is 20.7 Å². The molecule has 21 heavy (non-hydrogen) atoms. The second-order valence-electron chi connectivity index (χ2n) is 5.16. The van der Waals surface area contributed by atoms with Gasteiger partial charge in [0.25, 0.3) is 0 Å². The molecule has 1 fully saturated rings. The Morgan fingerprint density at radius 2 is 2.00 bits per heavy atom. The van der Waals surface area contributed by atoms with E-state index in [2.05, 4.69) is 22.8 Å². The average Bonchev–Trinajstić information content (AvgIpc) is 3.05. The maximum Gasteiger partial charge on any atom is 0.249 e. The monoisotopic (exact) mass is 290 g/mol. The fourth-order valence-electron chi connectivity index (χ4n) is 2.29. The minimum absolute atomic E-state index is 0.0179. The van der Waals surface area contributed by atoms with E-state index in [0.29, 0.717) is 13.2 Å². The second-order valence-corrected chi connectivity index (χ2v) is 5.16. The predicted octanol–water partition coefficient (Wildman–Crippen LogP) is 1.03. The van der Waals surface area contributed by atoms with E-state index in [0.717, 1.165) is 25.7 Å². The predicted molar refractivity (Wildman–Crippen MR) is 79.8 cm³/mol. The Morgan fingerprint density at radius 1 is 1.19 bits per heavy atom. The van der Waals surface area contributed by atoms with Crippen molar-refractivity contribution in [1.82, 2.24) is 10.6 Å². The van der Waals surface area contributed by atoms with Crippen LogP contribution in [0.4, 0.5) is 0 Å². The van der Waals surface area contributed by atoms with E-state index in [1.165, 1.54) is 5.56 Å². The third kappa shape index (κ3) is 5.55. The first-order chi connectivity index (χ1) is 10.3. The van der Waals surface area contributed by atoms with Crippen LogP contribution in [-0.4, -0.2) is 37.6 Å². The van der Waals surface area contributed by atoms with Crippen molar-refractivity contribution < 1.29 is 14.3 Å². The number of hydrogen-bond donors (Lipinski definition) is 2. The summed E-state index contributed by atoms with van der Waals surface area (Å²) in [7, 11) is 0. The molecule has 1 atom stereocenters. The molecule has 0 bridgehead atoms. The molecule has 0 spiro atoms. The molecule has 1 unspecified atom stereocenters. The molecule has 1 heterocycles. The molecule has 114 valence electrons. The quantitative estimate of drug-likeness (QED) is 0.737. The fraction of sp³-hybridized carbons (Fsp3) is 0.500. The molecule has 2 rings (SSSR count). The lowest BCUT2D eigenvalue weighted by molar-refractivity contribution is -0.132. The third-order valence-corrected chi connectivity index (χ3v) is 3.45. The molecule has 0 aromatic heterocycles. The summed E-state index contributed by atoms with van der Waals surface area (Å²) < 4.78 is 5.25. The smallest absolute Gasteiger partial charge is 0.249 e. The Kier molecular flexibility index (Phi) is 6.22. The summed E-state index contributed by atoms with van der Waals surface area (Å²) in [4.78, 5) is 23.3. The summed E-state index contributed by atoms with van der Waals surface area (Å²) in [5.74, 6) is -0.346. The number of carbonyl (C=O) groups excluding carboxylic acids is 2. The highest BCUT2D eigenvalue weighted by Gasteiger charge is 2.23. The van der Waals surface area contributed by atoms with Crippen molar-refractivity contribution in [2.24, 2.45) is 0 Å². The number of carbonyl (C=O) groups is 2. The van der Waals surface area contributed by atoms with Gasteiger partial charge in [-0.2, -0.15) is 0 Å². The first kappa shape index (κ1) is 15.5. The summed E-state index contributed by atoms with van der Waals surface area (Å²) >= 11 is 0. The van der Waals surface area contributed by atoms with Crippen LogP contribution in [0.25, 0.3) is 0 Å². The summed E-state index contributed by atoms with van der Waals surface area (Å²) in [6.45, 7) is 1.26. The van der Waals surface area contributed by atoms with Crippen molar-refractivity contribution in [1.29, 1.82) is 0 Å². The van der Waals surface area contributed by atoms with Crippen LogP contribution in [0, 0.1) is 0 Å². The van der Waals surface area contributed by atoms with Gasteiger partial charge >= 0.3 is 0 Å². The van der Waals surface area contributed by atoms with Crippen LogP contribution in [0.1, 0.15) is 24.8 Å². The molecule has 1 saturated heterocycles. The fourth-order valence-corrected chi connectivity index (χ4v) is 2.29. The van der Waals surface area contributed by atoms with Crippen LogP contribution in [0.5, 0.6) is 0 Å². The van der Waals surface area contributed by atoms with E-state index in [9.17, 15) is 9.59 Å². The van der Waals surface area contributed by atoms with E-state index >= 15 is 0 Å². The summed E-state index contributed by atoms with van der Waals surface area (Å²) in [5.41, 5.74) is 1.26. The van der Waals surface area contributed by atoms with Gasteiger partial charge in [-0.3, -0.25) is 9.59 Å². The van der Waals surface area contributed by atoms with Gasteiger partial charge < -0.3 is 15.4 Å². The van der Waals surface area contributed by atoms with Gasteiger partial charge in [-0.25, -0.2) is 0 Å². The van der Waals surface area contributed by atoms with Crippen LogP contribution in [0.15, 0.2) is 30.3 Å². The number of aryl methyl sites for hydroxylation is 1. The topological polar surface area (TPSA) is 67.4 Å². The lowest BCUT2D eigenvalue weighted by Crippen LogP contribution is -2.41. The SMILES string of the molecule is O=C(CNC(=O)C1CCCO1)NCCCc1ccccc1. The molecule has 0 aliphatic carbocycles. The molecule has 0 saturated carbocycles. The number of nitrogens with one attached hydrogen (secondary N) is 2. The van der Waals surface area contributed by atoms with E-state index in [1.807, 2.05) is 18.2 Å². The lowest BCUT2D eigenvalue weighted by atomic mass is 10.1. The Labute approximate surface area is 125 Å². The molecule has 5 nitrogen and oxygen atoms in total. The molecule has 2 N–H and O–H groups in total. The van der Waals surface area contributed by atoms with Crippen molar-refractivity contribution in [3.05, 3.63) is 35.9 Å². The Hall–Kier alpha value is -1.88. The van der Waals surface area contributed by atoms with Crippen molar-refractivity contribution in [2.75, 3.05) is 19.7 Å². The largest absolute Gasteiger partial charge is 0.368 e. The molecule has 0 radical (unpaired) electrons. The molecular formula is C16H22N2O3. The average molecular weight is 290 g/mol. The van der Waals surface area contributed by atoms with E-state index in [1.54, 1.807) is 0 Å². The zero-order valence-corrected chi connectivity index (χ0v) is 12.1. The first-order valence-electron chi connectivity index (χ1n) is 7.45. The van der Waals surface area contributed by atoms with E-state index < -0.39 is 0 Å². The number of amides is 2. The standard InChI is InChI=1S/C16H22N2O3/c19-15(12-18-16(20)14-9-5-11-21-14)17-10-4-8-13-6-2-1-3-7-13/h1-3,6-7,14H,4-5,8-12H2,(H,17,19)(H,18,20). The van der Waals surface area contributed by atoms with Crippen molar-refractivity contribution >= 4 is 11.8 Å². The van der Waals surface area contributed by atoms with Crippen molar-refractivity contribution in [3.63, 3.8) is 0 Å². The molecule has 1 aromatic rings. The van der Waals surface area contributed by atoms with Crippen molar-refractivity contribution in [3.8, 4) is 0 Å². The molecule has 1 aliphatic heterocycles. The minimum atomic E-state index is -0.379. The zero-order chi connectivity index (χ0) is 14.9. The van der Waals surface area contributed by atoms with Gasteiger partial charge in [-0.1, -0.05) is 30.3 Å². The second kappa shape index (κ2) is 8.42. The number of benzene rings is 1. The molecule has 1 aromatic carbocycles. The van der Waals surface area contributed by atoms with Gasteiger partial charge in [0.2, 0.25) is 11.8 Å². The highest BCUT2D eigenvalue weighted by Crippen LogP contribution is 2.11. The Morgan fingerprint density at radius 3 is 2.71 bits per heavy atom. The lowest BCUT2D eigenvalue weighted by Gasteiger charge is -2.10. The molecule has 2 amide bonds. The van der Waals surface area contributed by atoms with Crippen LogP contribution in [0.2, 0.25) is 0 Å². The number of rotatable bonds is 7. The zero-order valence-electron chi connectivity index (χ0n) is 12.1. The highest BCUT2D eigenvalue weighted by atomic mass is 16.5. The van der Waals surface area contributed by atoms with Gasteiger partial charge in [-0.15, -0.1) is 0 Å². The number of ether oxygens (including phenoxy) is 1. The summed E-state index contributed by atoms with van der Waals surface area (Å²) in [5, 5.41) is 5.41. The molecular weight excluding hydrogens is 268 g/mol. The number of hydrogen-bond acceptors (Lipinski definition) is 3. The van der Waals surface area contributed by atoms with Crippen LogP contribution in [0.3, 0.4) is 0 Å². The molecule has 1 aliphatic rings. The Bertz CT molecular complexity index is 456. The first-order valence-corrected chi connectivity index (χ1v) is 7.45. The molecule has 5 heteroatoms. The van der Waals surface area contributed by atoms with Gasteiger partial charge in [0.05, 0.1) is 6.54 Å². The van der Waals surface area contributed by atoms with E-state index in [-0.39, 0.29) is 24.5 Å². The summed E-state index contributed by atoms with van der Waals surface area (Å²) in [6.07, 6.45) is 3.09.